The smallest absolute Gasteiger partial charge is 0.318 e. The Hall–Kier alpha value is -2.13. The molecule has 2 spiro atoms. The third-order valence-corrected chi connectivity index (χ3v) is 16.6. The number of urea groups is 1. The van der Waals surface area contributed by atoms with Gasteiger partial charge in [-0.1, -0.05) is 61.5 Å². The number of aliphatic hydroxyl groups excluding tert-OH is 1. The number of amides is 2. The van der Waals surface area contributed by atoms with Gasteiger partial charge in [0.05, 0.1) is 53.2 Å². The van der Waals surface area contributed by atoms with E-state index in [1.54, 1.807) is 11.8 Å². The van der Waals surface area contributed by atoms with Crippen LogP contribution in [0.4, 0.5) is 4.79 Å². The molecule has 4 fully saturated rings. The molecule has 4 N–H and O–H groups in total. The first-order valence-corrected chi connectivity index (χ1v) is 23.9. The Morgan fingerprint density at radius 2 is 1.52 bits per heavy atom. The predicted octanol–water partition coefficient (Wildman–Crippen LogP) is 7.64. The summed E-state index contributed by atoms with van der Waals surface area (Å²) in [6.07, 6.45) is 6.95. The van der Waals surface area contributed by atoms with Gasteiger partial charge >= 0.3 is 12.0 Å². The van der Waals surface area contributed by atoms with E-state index in [1.165, 1.54) is 0 Å². The summed E-state index contributed by atoms with van der Waals surface area (Å²) in [5.74, 6) is -6.10. The quantitative estimate of drug-likeness (QED) is 0.119. The molecule has 4 saturated heterocycles. The van der Waals surface area contributed by atoms with Crippen molar-refractivity contribution in [1.29, 1.82) is 0 Å². The Bertz CT molecular complexity index is 1580. The van der Waals surface area contributed by atoms with E-state index < -0.39 is 82.4 Å². The molecule has 0 aromatic rings. The summed E-state index contributed by atoms with van der Waals surface area (Å²) in [7, 11) is 0. The van der Waals surface area contributed by atoms with Gasteiger partial charge in [-0.05, 0) is 110 Å². The number of nitrogens with one attached hydrogen (secondary N) is 1. The highest BCUT2D eigenvalue weighted by molar-refractivity contribution is 5.84. The molecule has 18 atom stereocenters. The zero-order chi connectivity index (χ0) is 45.5. The molecule has 2 amide bonds. The molecular formula is C48H82N2O11. The van der Waals surface area contributed by atoms with Crippen molar-refractivity contribution in [2.75, 3.05) is 13.1 Å². The van der Waals surface area contributed by atoms with Crippen LogP contribution < -0.4 is 5.32 Å². The van der Waals surface area contributed by atoms with E-state index in [4.69, 9.17) is 23.7 Å². The molecule has 61 heavy (non-hydrogen) atoms. The molecule has 0 radical (unpaired) electrons. The summed E-state index contributed by atoms with van der Waals surface area (Å²) < 4.78 is 34.8. The van der Waals surface area contributed by atoms with Gasteiger partial charge in [0.1, 0.15) is 11.8 Å². The van der Waals surface area contributed by atoms with E-state index in [2.05, 4.69) is 26.1 Å². The summed E-state index contributed by atoms with van der Waals surface area (Å²) >= 11 is 0. The first kappa shape index (κ1) is 49.9. The summed E-state index contributed by atoms with van der Waals surface area (Å²) in [5.41, 5.74) is -2.53. The molecule has 13 heteroatoms. The van der Waals surface area contributed by atoms with Crippen molar-refractivity contribution in [3.63, 3.8) is 0 Å². The molecule has 0 aromatic heterocycles. The number of ketones is 1. The fourth-order valence-corrected chi connectivity index (χ4v) is 11.6. The molecule has 5 aliphatic heterocycles. The Balaban J connectivity index is 1.41. The van der Waals surface area contributed by atoms with E-state index in [-0.39, 0.29) is 41.8 Å². The first-order chi connectivity index (χ1) is 28.5. The van der Waals surface area contributed by atoms with Crippen LogP contribution in [0, 0.1) is 41.4 Å². The van der Waals surface area contributed by atoms with Gasteiger partial charge in [-0.25, -0.2) is 4.79 Å². The predicted molar refractivity (Wildman–Crippen MR) is 232 cm³/mol. The number of carbonyl (C=O) groups is 3. The van der Waals surface area contributed by atoms with Crippen molar-refractivity contribution in [2.24, 2.45) is 41.4 Å². The number of hydrogen-bond acceptors (Lipinski definition) is 10. The SMILES string of the molecule is CC[C@@H](C(=O)[C@@H](C)[C@@H](O)[C@H](C)C1(C)O[C@@H]([C@@H](CC)C(=O)O)CC[C@@H]1C)[C@H]1O[C@]2(C=C[C@@H](NC(=O)N(CC)CC)[C@]3(CC[C@@](C)([C@H]4CC[C@](O)(CC)[C@H](C)O4)O3)O2)[C@H](C)C[C@@H]1C. The second-order valence-corrected chi connectivity index (χ2v) is 20.1. The standard InChI is InChI=1S/C48H82N2O11/c1-14-34(42(53)54)36-20-19-29(7)45(13,58-36)32(10)39(51)31(9)40(52)35(15-2)41-28(6)27-30(8)47(59-41)24-21-37(49-43(55)50(17-4)18-5)48(61-47)26-25-44(12,60-48)38-22-23-46(56,16-3)33(11)57-38/h21,24,28-39,41,51,56H,14-20,22-23,25-27H2,1-13H3,(H,49,55)(H,53,54)/t28-,29-,30+,31-,32-,33-,34+,35-,36+,37+,38+,39+,41-,44-,45?,46+,47-,48-/m0/s1. The molecule has 0 bridgehead atoms. The van der Waals surface area contributed by atoms with Crippen LogP contribution in [-0.2, 0) is 33.3 Å². The van der Waals surface area contributed by atoms with Gasteiger partial charge in [-0.15, -0.1) is 0 Å². The number of carboxylic acids is 1. The monoisotopic (exact) mass is 863 g/mol. The number of carbonyl (C=O) groups excluding carboxylic acids is 2. The van der Waals surface area contributed by atoms with Gasteiger partial charge in [-0.3, -0.25) is 9.59 Å². The maximum Gasteiger partial charge on any atom is 0.318 e. The van der Waals surface area contributed by atoms with E-state index in [1.807, 2.05) is 74.5 Å². The highest BCUT2D eigenvalue weighted by Crippen LogP contribution is 2.54. The topological polar surface area (TPSA) is 173 Å². The van der Waals surface area contributed by atoms with Gasteiger partial charge in [-0.2, -0.15) is 0 Å². The largest absolute Gasteiger partial charge is 0.481 e. The zero-order valence-corrected chi connectivity index (χ0v) is 39.7. The summed E-state index contributed by atoms with van der Waals surface area (Å²) in [6.45, 7) is 26.7. The third kappa shape index (κ3) is 9.37. The number of hydrogen-bond donors (Lipinski definition) is 4. The van der Waals surface area contributed by atoms with Crippen LogP contribution in [-0.4, -0.2) is 116 Å². The lowest BCUT2D eigenvalue weighted by Gasteiger charge is -2.55. The number of aliphatic hydroxyl groups is 2. The van der Waals surface area contributed by atoms with Crippen LogP contribution in [0.5, 0.6) is 0 Å². The Kier molecular flexibility index (Phi) is 15.7. The number of ether oxygens (including phenoxy) is 5. The molecule has 5 rings (SSSR count). The maximum absolute atomic E-state index is 14.8. The number of Topliss-reactive ketones (excluding diaryl/α,β-unsaturated/α-hetero) is 1. The minimum atomic E-state index is -1.32. The second kappa shape index (κ2) is 19.1. The zero-order valence-electron chi connectivity index (χ0n) is 39.7. The molecule has 5 heterocycles. The number of aliphatic carboxylic acids is 1. The number of carboxylic acid groups (broad SMARTS) is 1. The normalized spacial score (nSPS) is 42.7. The van der Waals surface area contributed by atoms with Crippen LogP contribution in [0.3, 0.4) is 0 Å². The average molecular weight is 863 g/mol. The Morgan fingerprint density at radius 1 is 0.869 bits per heavy atom. The molecule has 0 saturated carbocycles. The van der Waals surface area contributed by atoms with Gasteiger partial charge in [0.2, 0.25) is 0 Å². The second-order valence-electron chi connectivity index (χ2n) is 20.1. The highest BCUT2D eigenvalue weighted by atomic mass is 16.8. The lowest BCUT2D eigenvalue weighted by atomic mass is 9.68. The van der Waals surface area contributed by atoms with E-state index in [0.717, 1.165) is 6.42 Å². The van der Waals surface area contributed by atoms with Gasteiger partial charge in [0.15, 0.2) is 11.6 Å². The Morgan fingerprint density at radius 3 is 2.10 bits per heavy atom. The summed E-state index contributed by atoms with van der Waals surface area (Å²) in [4.78, 5) is 42.2. The lowest BCUT2D eigenvalue weighted by Crippen LogP contribution is -2.66. The third-order valence-electron chi connectivity index (χ3n) is 16.6. The maximum atomic E-state index is 14.8. The van der Waals surface area contributed by atoms with Crippen molar-refractivity contribution in [2.45, 2.75) is 219 Å². The molecule has 13 nitrogen and oxygen atoms in total. The molecule has 0 aromatic carbocycles. The van der Waals surface area contributed by atoms with Crippen LogP contribution >= 0.6 is 0 Å². The van der Waals surface area contributed by atoms with Crippen LogP contribution in [0.15, 0.2) is 12.2 Å². The van der Waals surface area contributed by atoms with E-state index >= 15 is 0 Å². The summed E-state index contributed by atoms with van der Waals surface area (Å²) in [6, 6.07) is -0.873. The van der Waals surface area contributed by atoms with Crippen molar-refractivity contribution in [3.8, 4) is 0 Å². The fourth-order valence-electron chi connectivity index (χ4n) is 11.6. The molecular weight excluding hydrogens is 781 g/mol. The highest BCUT2D eigenvalue weighted by Gasteiger charge is 2.64. The fraction of sp³-hybridized carbons (Fsp3) is 0.896. The van der Waals surface area contributed by atoms with Crippen molar-refractivity contribution < 1.29 is 53.4 Å². The van der Waals surface area contributed by atoms with E-state index in [9.17, 15) is 29.7 Å². The van der Waals surface area contributed by atoms with Gasteiger partial charge in [0.25, 0.3) is 0 Å². The van der Waals surface area contributed by atoms with Crippen LogP contribution in [0.1, 0.15) is 154 Å². The average Bonchev–Trinajstić information content (AvgIpc) is 3.56. The molecule has 1 unspecified atom stereocenters. The van der Waals surface area contributed by atoms with Crippen molar-refractivity contribution >= 4 is 17.8 Å². The lowest BCUT2D eigenvalue weighted by molar-refractivity contribution is -0.398. The minimum Gasteiger partial charge on any atom is -0.481 e. The summed E-state index contributed by atoms with van der Waals surface area (Å²) in [5, 5.41) is 36.4. The van der Waals surface area contributed by atoms with Crippen LogP contribution in [0.25, 0.3) is 0 Å². The number of nitrogens with zero attached hydrogens (tertiary/aromatic N) is 1. The van der Waals surface area contributed by atoms with E-state index in [0.29, 0.717) is 70.9 Å². The van der Waals surface area contributed by atoms with Crippen molar-refractivity contribution in [1.82, 2.24) is 10.2 Å². The number of rotatable bonds is 15. The Labute approximate surface area is 366 Å². The minimum absolute atomic E-state index is 0.0180. The van der Waals surface area contributed by atoms with Gasteiger partial charge < -0.3 is 49.2 Å². The molecule has 5 aliphatic rings. The molecule has 350 valence electrons. The first-order valence-electron chi connectivity index (χ1n) is 23.9. The van der Waals surface area contributed by atoms with Crippen molar-refractivity contribution in [3.05, 3.63) is 12.2 Å². The van der Waals surface area contributed by atoms with Crippen LogP contribution in [0.2, 0.25) is 0 Å². The van der Waals surface area contributed by atoms with Gasteiger partial charge in [0, 0.05) is 43.2 Å². The molecule has 0 aliphatic carbocycles.